The largest absolute Gasteiger partial charge is 0.491 e. The zero-order chi connectivity index (χ0) is 16.1. The van der Waals surface area contributed by atoms with Crippen LogP contribution in [0.4, 0.5) is 0 Å². The Hall–Kier alpha value is -1.92. The number of carbonyl (C=O) groups is 1. The first-order valence-corrected chi connectivity index (χ1v) is 7.98. The molecule has 5 nitrogen and oxygen atoms in total. The fraction of sp³-hybridized carbons (Fsp3) is 0.375. The molecule has 22 heavy (non-hydrogen) atoms. The molecule has 2 aromatic rings. The number of aliphatic hydroxyl groups excluding tert-OH is 1. The van der Waals surface area contributed by atoms with Crippen LogP contribution in [0.3, 0.4) is 0 Å². The summed E-state index contributed by atoms with van der Waals surface area (Å²) < 4.78 is 5.60. The average molecular weight is 320 g/mol. The number of nitrogens with zero attached hydrogens (tertiary/aromatic N) is 1. The maximum Gasteiger partial charge on any atom is 0.263 e. The minimum absolute atomic E-state index is 0.0707. The number of ether oxygens (including phenoxy) is 1. The van der Waals surface area contributed by atoms with E-state index in [9.17, 15) is 9.90 Å². The van der Waals surface area contributed by atoms with E-state index in [2.05, 4.69) is 10.3 Å². The van der Waals surface area contributed by atoms with Gasteiger partial charge in [0.15, 0.2) is 0 Å². The summed E-state index contributed by atoms with van der Waals surface area (Å²) in [5.41, 5.74) is 3.04. The number of amides is 1. The Morgan fingerprint density at radius 3 is 2.86 bits per heavy atom. The van der Waals surface area contributed by atoms with Gasteiger partial charge in [-0.3, -0.25) is 4.79 Å². The predicted octanol–water partition coefficient (Wildman–Crippen LogP) is 2.70. The molecule has 0 saturated heterocycles. The lowest BCUT2D eigenvalue weighted by atomic mass is 10.1. The van der Waals surface area contributed by atoms with Crippen molar-refractivity contribution in [2.45, 2.75) is 33.0 Å². The zero-order valence-electron chi connectivity index (χ0n) is 12.9. The Balaban J connectivity index is 1.96. The van der Waals surface area contributed by atoms with Crippen LogP contribution < -0.4 is 10.1 Å². The highest BCUT2D eigenvalue weighted by atomic mass is 32.1. The fourth-order valence-electron chi connectivity index (χ4n) is 1.97. The van der Waals surface area contributed by atoms with Crippen LogP contribution in [0.25, 0.3) is 0 Å². The maximum absolute atomic E-state index is 12.0. The number of aryl methyl sites for hydroxylation is 1. The number of thiazole rings is 1. The summed E-state index contributed by atoms with van der Waals surface area (Å²) in [4.78, 5) is 16.6. The summed E-state index contributed by atoms with van der Waals surface area (Å²) in [5.74, 6) is 0.491. The summed E-state index contributed by atoms with van der Waals surface area (Å²) in [7, 11) is 0. The molecule has 2 N–H and O–H groups in total. The van der Waals surface area contributed by atoms with Crippen LogP contribution in [0.15, 0.2) is 29.8 Å². The van der Waals surface area contributed by atoms with Crippen LogP contribution >= 0.6 is 11.3 Å². The minimum atomic E-state index is -0.784. The normalized spacial score (nSPS) is 12.2. The molecule has 0 fully saturated rings. The van der Waals surface area contributed by atoms with Crippen molar-refractivity contribution in [3.8, 4) is 5.75 Å². The Morgan fingerprint density at radius 1 is 1.45 bits per heavy atom. The molecule has 1 amide bonds. The van der Waals surface area contributed by atoms with Crippen molar-refractivity contribution in [3.05, 3.63) is 45.9 Å². The van der Waals surface area contributed by atoms with Gasteiger partial charge in [-0.1, -0.05) is 12.1 Å². The summed E-state index contributed by atoms with van der Waals surface area (Å²) in [6, 6.07) is 7.26. The second-order valence-corrected chi connectivity index (χ2v) is 6.09. The Labute approximate surface area is 134 Å². The third kappa shape index (κ3) is 4.29. The molecule has 6 heteroatoms. The molecule has 0 aliphatic carbocycles. The van der Waals surface area contributed by atoms with Gasteiger partial charge in [0.25, 0.3) is 5.91 Å². The van der Waals surface area contributed by atoms with Gasteiger partial charge in [-0.25, -0.2) is 4.98 Å². The molecule has 1 aromatic heterocycles. The Bertz CT molecular complexity index is 640. The molecule has 0 aliphatic rings. The summed E-state index contributed by atoms with van der Waals surface area (Å²) in [6.07, 6.45) is -0.714. The van der Waals surface area contributed by atoms with Gasteiger partial charge in [0.05, 0.1) is 23.4 Å². The number of aliphatic hydroxyl groups is 1. The highest BCUT2D eigenvalue weighted by molar-refractivity contribution is 7.11. The van der Waals surface area contributed by atoms with Gasteiger partial charge in [-0.05, 0) is 38.5 Å². The molecule has 0 aliphatic heterocycles. The number of carbonyl (C=O) groups excluding carboxylic acids is 1. The van der Waals surface area contributed by atoms with E-state index < -0.39 is 6.10 Å². The van der Waals surface area contributed by atoms with E-state index in [1.165, 1.54) is 11.3 Å². The van der Waals surface area contributed by atoms with Gasteiger partial charge in [0.1, 0.15) is 10.6 Å². The zero-order valence-corrected chi connectivity index (χ0v) is 13.7. The highest BCUT2D eigenvalue weighted by Gasteiger charge is 2.14. The second-order valence-electron chi connectivity index (χ2n) is 5.23. The summed E-state index contributed by atoms with van der Waals surface area (Å²) in [5, 5.41) is 12.9. The SMILES string of the molecule is Cc1ncsc1C(=O)NCC(O)c1cccc(OC(C)C)c1. The number of rotatable bonds is 6. The van der Waals surface area contributed by atoms with Gasteiger partial charge in [0.2, 0.25) is 0 Å². The Morgan fingerprint density at radius 2 is 2.23 bits per heavy atom. The molecule has 1 atom stereocenters. The van der Waals surface area contributed by atoms with Gasteiger partial charge in [-0.15, -0.1) is 11.3 Å². The molecular formula is C16H20N2O3S. The molecule has 118 valence electrons. The van der Waals surface area contributed by atoms with Crippen LogP contribution in [0.2, 0.25) is 0 Å². The molecule has 2 rings (SSSR count). The van der Waals surface area contributed by atoms with Gasteiger partial charge >= 0.3 is 0 Å². The molecule has 1 aromatic carbocycles. The summed E-state index contributed by atoms with van der Waals surface area (Å²) in [6.45, 7) is 5.82. The molecule has 0 saturated carbocycles. The van der Waals surface area contributed by atoms with Gasteiger partial charge in [-0.2, -0.15) is 0 Å². The van der Waals surface area contributed by atoms with E-state index in [1.54, 1.807) is 18.5 Å². The van der Waals surface area contributed by atoms with Crippen LogP contribution in [0.5, 0.6) is 5.75 Å². The molecule has 1 heterocycles. The standard InChI is InChI=1S/C16H20N2O3S/c1-10(2)21-13-6-4-5-12(7-13)14(19)8-17-16(20)15-11(3)18-9-22-15/h4-7,9-10,14,19H,8H2,1-3H3,(H,17,20). The van der Waals surface area contributed by atoms with Crippen molar-refractivity contribution in [1.29, 1.82) is 0 Å². The second kappa shape index (κ2) is 7.38. The van der Waals surface area contributed by atoms with Crippen LogP contribution in [-0.2, 0) is 0 Å². The third-order valence-corrected chi connectivity index (χ3v) is 3.95. The van der Waals surface area contributed by atoms with Crippen molar-refractivity contribution >= 4 is 17.2 Å². The van der Waals surface area contributed by atoms with E-state index in [1.807, 2.05) is 32.0 Å². The lowest BCUT2D eigenvalue weighted by Gasteiger charge is -2.15. The van der Waals surface area contributed by atoms with Crippen LogP contribution in [0, 0.1) is 6.92 Å². The number of hydrogen-bond acceptors (Lipinski definition) is 5. The molecule has 0 bridgehead atoms. The molecule has 1 unspecified atom stereocenters. The first-order valence-electron chi connectivity index (χ1n) is 7.10. The minimum Gasteiger partial charge on any atom is -0.491 e. The van der Waals surface area contributed by atoms with Crippen LogP contribution in [-0.4, -0.2) is 28.6 Å². The quantitative estimate of drug-likeness (QED) is 0.858. The van der Waals surface area contributed by atoms with Crippen molar-refractivity contribution < 1.29 is 14.6 Å². The first kappa shape index (κ1) is 16.5. The van der Waals surface area contributed by atoms with E-state index in [4.69, 9.17) is 4.74 Å². The van der Waals surface area contributed by atoms with Crippen molar-refractivity contribution in [2.75, 3.05) is 6.54 Å². The van der Waals surface area contributed by atoms with E-state index in [-0.39, 0.29) is 18.6 Å². The molecule has 0 spiro atoms. The van der Waals surface area contributed by atoms with Crippen molar-refractivity contribution in [3.63, 3.8) is 0 Å². The lowest BCUT2D eigenvalue weighted by Crippen LogP contribution is -2.28. The highest BCUT2D eigenvalue weighted by Crippen LogP contribution is 2.20. The van der Waals surface area contributed by atoms with Crippen LogP contribution in [0.1, 0.15) is 40.9 Å². The number of aromatic nitrogens is 1. The van der Waals surface area contributed by atoms with E-state index in [0.717, 1.165) is 0 Å². The fourth-order valence-corrected chi connectivity index (χ4v) is 2.69. The lowest BCUT2D eigenvalue weighted by molar-refractivity contribution is 0.0919. The Kier molecular flexibility index (Phi) is 5.51. The first-order chi connectivity index (χ1) is 10.5. The van der Waals surface area contributed by atoms with E-state index >= 15 is 0 Å². The number of nitrogens with one attached hydrogen (secondary N) is 1. The summed E-state index contributed by atoms with van der Waals surface area (Å²) >= 11 is 1.29. The molecular weight excluding hydrogens is 300 g/mol. The topological polar surface area (TPSA) is 71.5 Å². The number of benzene rings is 1. The smallest absolute Gasteiger partial charge is 0.263 e. The molecule has 0 radical (unpaired) electrons. The van der Waals surface area contributed by atoms with E-state index in [0.29, 0.717) is 21.9 Å². The van der Waals surface area contributed by atoms with Crippen molar-refractivity contribution in [2.24, 2.45) is 0 Å². The predicted molar refractivity (Wildman–Crippen MR) is 86.4 cm³/mol. The van der Waals surface area contributed by atoms with Gasteiger partial charge < -0.3 is 15.2 Å². The monoisotopic (exact) mass is 320 g/mol. The number of hydrogen-bond donors (Lipinski definition) is 2. The third-order valence-electron chi connectivity index (χ3n) is 3.02. The van der Waals surface area contributed by atoms with Crippen molar-refractivity contribution in [1.82, 2.24) is 10.3 Å². The average Bonchev–Trinajstić information content (AvgIpc) is 2.90. The van der Waals surface area contributed by atoms with Gasteiger partial charge in [0, 0.05) is 6.54 Å². The maximum atomic E-state index is 12.0.